The Balaban J connectivity index is 1.43. The van der Waals surface area contributed by atoms with E-state index in [4.69, 9.17) is 4.74 Å². The molecular weight excluding hydrogens is 458 g/mol. The average molecular weight is 486 g/mol. The third-order valence-corrected chi connectivity index (χ3v) is 7.18. The zero-order valence-electron chi connectivity index (χ0n) is 19.6. The molecule has 0 bridgehead atoms. The molecule has 1 aliphatic heterocycles. The van der Waals surface area contributed by atoms with E-state index in [0.29, 0.717) is 11.0 Å². The number of rotatable bonds is 7. The standard InChI is InChI=1S/C27H27N5O2S/c1-3-19-9-7-8-12-22(19)28-26(33)25-24(20-15-13-18(2)14-16-20)31-32-23(29-30-27(32)35-25)17-34-21-10-5-4-6-11-21/h4-16,24-25,31H,3,17H2,1-2H3,(H,28,33)/t24-,25-/m0/s1. The summed E-state index contributed by atoms with van der Waals surface area (Å²) in [6.45, 7) is 4.39. The molecule has 178 valence electrons. The molecule has 2 heterocycles. The molecule has 8 heteroatoms. The quantitative estimate of drug-likeness (QED) is 0.378. The van der Waals surface area contributed by atoms with Gasteiger partial charge in [-0.2, -0.15) is 0 Å². The number of thioether (sulfide) groups is 1. The van der Waals surface area contributed by atoms with Crippen molar-refractivity contribution in [3.8, 4) is 5.75 Å². The minimum Gasteiger partial charge on any atom is -0.486 e. The maximum atomic E-state index is 13.6. The number of aromatic nitrogens is 3. The van der Waals surface area contributed by atoms with E-state index in [1.807, 2.05) is 59.3 Å². The van der Waals surface area contributed by atoms with Crippen LogP contribution >= 0.6 is 11.8 Å². The molecule has 0 saturated heterocycles. The number of nitrogens with zero attached hydrogens (tertiary/aromatic N) is 3. The smallest absolute Gasteiger partial charge is 0.240 e. The number of ether oxygens (including phenoxy) is 1. The zero-order chi connectivity index (χ0) is 24.2. The highest BCUT2D eigenvalue weighted by Crippen LogP contribution is 2.38. The minimum absolute atomic E-state index is 0.0784. The number of benzene rings is 3. The number of anilines is 1. The Morgan fingerprint density at radius 1 is 1.03 bits per heavy atom. The Hall–Kier alpha value is -3.78. The van der Waals surface area contributed by atoms with Gasteiger partial charge in [0.2, 0.25) is 11.1 Å². The second kappa shape index (κ2) is 10.2. The number of carbonyl (C=O) groups excluding carboxylic acids is 1. The van der Waals surface area contributed by atoms with Crippen LogP contribution in [-0.2, 0) is 17.8 Å². The molecule has 7 nitrogen and oxygen atoms in total. The maximum absolute atomic E-state index is 13.6. The van der Waals surface area contributed by atoms with Gasteiger partial charge in [0, 0.05) is 5.69 Å². The van der Waals surface area contributed by atoms with E-state index in [-0.39, 0.29) is 18.6 Å². The topological polar surface area (TPSA) is 81.1 Å². The third kappa shape index (κ3) is 5.02. The Morgan fingerprint density at radius 3 is 2.54 bits per heavy atom. The Bertz CT molecular complexity index is 1310. The van der Waals surface area contributed by atoms with Crippen molar-refractivity contribution >= 4 is 23.4 Å². The molecule has 4 aromatic rings. The summed E-state index contributed by atoms with van der Waals surface area (Å²) >= 11 is 1.41. The molecule has 0 spiro atoms. The summed E-state index contributed by atoms with van der Waals surface area (Å²) in [5.41, 5.74) is 7.61. The maximum Gasteiger partial charge on any atom is 0.240 e. The van der Waals surface area contributed by atoms with Gasteiger partial charge in [-0.05, 0) is 42.7 Å². The summed E-state index contributed by atoms with van der Waals surface area (Å²) in [6, 6.07) is 25.5. The fraction of sp³-hybridized carbons (Fsp3) is 0.222. The van der Waals surface area contributed by atoms with E-state index in [9.17, 15) is 4.79 Å². The number of hydrogen-bond donors (Lipinski definition) is 2. The predicted molar refractivity (Wildman–Crippen MR) is 138 cm³/mol. The molecule has 1 aliphatic rings. The van der Waals surface area contributed by atoms with E-state index in [1.165, 1.54) is 11.8 Å². The van der Waals surface area contributed by atoms with E-state index >= 15 is 0 Å². The van der Waals surface area contributed by atoms with E-state index in [0.717, 1.165) is 34.5 Å². The first-order valence-electron chi connectivity index (χ1n) is 11.6. The molecule has 2 N–H and O–H groups in total. The van der Waals surface area contributed by atoms with E-state index in [1.54, 1.807) is 0 Å². The van der Waals surface area contributed by atoms with Crippen molar-refractivity contribution in [3.05, 3.63) is 101 Å². The third-order valence-electron chi connectivity index (χ3n) is 5.97. The highest BCUT2D eigenvalue weighted by Gasteiger charge is 2.38. The van der Waals surface area contributed by atoms with Gasteiger partial charge in [-0.3, -0.25) is 4.79 Å². The van der Waals surface area contributed by atoms with Crippen LogP contribution in [0.3, 0.4) is 0 Å². The number of hydrogen-bond acceptors (Lipinski definition) is 6. The van der Waals surface area contributed by atoms with E-state index < -0.39 is 5.25 Å². The molecule has 0 aliphatic carbocycles. The lowest BCUT2D eigenvalue weighted by Gasteiger charge is -2.33. The second-order valence-electron chi connectivity index (χ2n) is 8.39. The molecule has 1 amide bonds. The SMILES string of the molecule is CCc1ccccc1NC(=O)[C@H]1Sc2nnc(COc3ccccc3)n2N[C@H]1c1ccc(C)cc1. The number of amides is 1. The lowest BCUT2D eigenvalue weighted by molar-refractivity contribution is -0.116. The van der Waals surface area contributed by atoms with E-state index in [2.05, 4.69) is 59.1 Å². The van der Waals surface area contributed by atoms with Gasteiger partial charge in [0.1, 0.15) is 17.6 Å². The first-order valence-corrected chi connectivity index (χ1v) is 12.5. The number of nitrogens with one attached hydrogen (secondary N) is 2. The second-order valence-corrected chi connectivity index (χ2v) is 9.50. The Labute approximate surface area is 208 Å². The van der Waals surface area contributed by atoms with Crippen molar-refractivity contribution in [2.45, 2.75) is 43.3 Å². The highest BCUT2D eigenvalue weighted by molar-refractivity contribution is 8.00. The van der Waals surface area contributed by atoms with Crippen LogP contribution in [0.25, 0.3) is 0 Å². The summed E-state index contributed by atoms with van der Waals surface area (Å²) in [6.07, 6.45) is 0.840. The van der Waals surface area contributed by atoms with Gasteiger partial charge in [-0.1, -0.05) is 84.9 Å². The fourth-order valence-electron chi connectivity index (χ4n) is 4.04. The Morgan fingerprint density at radius 2 is 1.77 bits per heavy atom. The van der Waals surface area contributed by atoms with Gasteiger partial charge >= 0.3 is 0 Å². The number of carbonyl (C=O) groups is 1. The normalized spacial score (nSPS) is 16.7. The molecule has 0 radical (unpaired) electrons. The van der Waals surface area contributed by atoms with Crippen LogP contribution in [-0.4, -0.2) is 26.0 Å². The highest BCUT2D eigenvalue weighted by atomic mass is 32.2. The van der Waals surface area contributed by atoms with Crippen molar-refractivity contribution in [1.29, 1.82) is 0 Å². The first kappa shape index (κ1) is 23.0. The van der Waals surface area contributed by atoms with Crippen LogP contribution in [0.5, 0.6) is 5.75 Å². The lowest BCUT2D eigenvalue weighted by Crippen LogP contribution is -2.41. The van der Waals surface area contributed by atoms with Gasteiger partial charge in [0.05, 0.1) is 6.04 Å². The largest absolute Gasteiger partial charge is 0.486 e. The van der Waals surface area contributed by atoms with Crippen molar-refractivity contribution in [1.82, 2.24) is 14.9 Å². The van der Waals surface area contributed by atoms with Crippen LogP contribution in [0.2, 0.25) is 0 Å². The monoisotopic (exact) mass is 485 g/mol. The molecule has 2 atom stereocenters. The lowest BCUT2D eigenvalue weighted by atomic mass is 10.0. The van der Waals surface area contributed by atoms with Crippen molar-refractivity contribution < 1.29 is 9.53 Å². The summed E-state index contributed by atoms with van der Waals surface area (Å²) in [4.78, 5) is 13.6. The number of aryl methyl sites for hydroxylation is 2. The molecule has 35 heavy (non-hydrogen) atoms. The van der Waals surface area contributed by atoms with Gasteiger partial charge in [0.25, 0.3) is 0 Å². The van der Waals surface area contributed by atoms with Crippen molar-refractivity contribution in [2.75, 3.05) is 10.7 Å². The summed E-state index contributed by atoms with van der Waals surface area (Å²) in [5, 5.41) is 12.0. The molecule has 0 saturated carbocycles. The van der Waals surface area contributed by atoms with Crippen LogP contribution in [0.1, 0.15) is 35.5 Å². The van der Waals surface area contributed by atoms with Crippen LogP contribution < -0.4 is 15.5 Å². The summed E-state index contributed by atoms with van der Waals surface area (Å²) in [5.74, 6) is 1.32. The molecular formula is C27H27N5O2S. The molecule has 0 unspecified atom stereocenters. The van der Waals surface area contributed by atoms with Crippen LogP contribution in [0.4, 0.5) is 5.69 Å². The summed E-state index contributed by atoms with van der Waals surface area (Å²) < 4.78 is 7.74. The van der Waals surface area contributed by atoms with Gasteiger partial charge in [-0.15, -0.1) is 10.2 Å². The molecule has 3 aromatic carbocycles. The molecule has 1 aromatic heterocycles. The van der Waals surface area contributed by atoms with Crippen LogP contribution in [0, 0.1) is 6.92 Å². The fourth-order valence-corrected chi connectivity index (χ4v) is 5.13. The number of para-hydroxylation sites is 2. The average Bonchev–Trinajstić information content (AvgIpc) is 3.30. The van der Waals surface area contributed by atoms with Gasteiger partial charge in [-0.25, -0.2) is 4.68 Å². The summed E-state index contributed by atoms with van der Waals surface area (Å²) in [7, 11) is 0. The van der Waals surface area contributed by atoms with Gasteiger partial charge < -0.3 is 15.5 Å². The van der Waals surface area contributed by atoms with Crippen LogP contribution in [0.15, 0.2) is 84.0 Å². The molecule has 5 rings (SSSR count). The van der Waals surface area contributed by atoms with Crippen molar-refractivity contribution in [2.24, 2.45) is 0 Å². The molecule has 0 fully saturated rings. The number of fused-ring (bicyclic) bond motifs is 1. The van der Waals surface area contributed by atoms with Crippen molar-refractivity contribution in [3.63, 3.8) is 0 Å². The minimum atomic E-state index is -0.442. The first-order chi connectivity index (χ1) is 17.1. The zero-order valence-corrected chi connectivity index (χ0v) is 20.5. The van der Waals surface area contributed by atoms with Gasteiger partial charge in [0.15, 0.2) is 5.82 Å². The predicted octanol–water partition coefficient (Wildman–Crippen LogP) is 5.13. The Kier molecular flexibility index (Phi) is 6.72.